The number of hydrogen-bond donors (Lipinski definition) is 1. The van der Waals surface area contributed by atoms with Crippen LogP contribution in [-0.2, 0) is 20.0 Å². The molecule has 2 aromatic rings. The summed E-state index contributed by atoms with van der Waals surface area (Å²) in [5.74, 6) is 0. The summed E-state index contributed by atoms with van der Waals surface area (Å²) in [5.41, 5.74) is 5.14. The molecule has 0 bridgehead atoms. The molecule has 0 unspecified atom stereocenters. The number of nitrogens with one attached hydrogen (secondary N) is 1. The van der Waals surface area contributed by atoms with Crippen LogP contribution in [0, 0.1) is 6.92 Å². The molecule has 1 heterocycles. The van der Waals surface area contributed by atoms with E-state index >= 15 is 0 Å². The molecular formula is C14H19N3. The van der Waals surface area contributed by atoms with Crippen molar-refractivity contribution in [2.45, 2.75) is 26.8 Å². The molecule has 1 aromatic heterocycles. The highest BCUT2D eigenvalue weighted by molar-refractivity contribution is 5.57. The average molecular weight is 229 g/mol. The van der Waals surface area contributed by atoms with Crippen molar-refractivity contribution in [3.8, 4) is 0 Å². The lowest BCUT2D eigenvalue weighted by Gasteiger charge is -2.13. The van der Waals surface area contributed by atoms with Crippen LogP contribution in [0.4, 0.5) is 5.69 Å². The Balaban J connectivity index is 2.13. The molecule has 1 aromatic carbocycles. The van der Waals surface area contributed by atoms with Gasteiger partial charge in [0, 0.05) is 31.0 Å². The molecule has 2 rings (SSSR count). The first kappa shape index (κ1) is 11.7. The first-order valence-corrected chi connectivity index (χ1v) is 6.00. The zero-order valence-corrected chi connectivity index (χ0v) is 10.7. The Hall–Kier alpha value is -1.77. The molecule has 0 saturated heterocycles. The van der Waals surface area contributed by atoms with Crippen molar-refractivity contribution in [2.24, 2.45) is 7.05 Å². The monoisotopic (exact) mass is 229 g/mol. The molecule has 0 aliphatic rings. The van der Waals surface area contributed by atoms with Gasteiger partial charge in [-0.15, -0.1) is 0 Å². The molecule has 0 aliphatic heterocycles. The maximum absolute atomic E-state index is 4.17. The van der Waals surface area contributed by atoms with Crippen molar-refractivity contribution in [3.63, 3.8) is 0 Å². The minimum atomic E-state index is 0.825. The Bertz CT molecular complexity index is 500. The van der Waals surface area contributed by atoms with Gasteiger partial charge in [0.1, 0.15) is 0 Å². The van der Waals surface area contributed by atoms with Crippen LogP contribution < -0.4 is 5.32 Å². The summed E-state index contributed by atoms with van der Waals surface area (Å²) in [6.07, 6.45) is 4.99. The van der Waals surface area contributed by atoms with Gasteiger partial charge in [0.05, 0.1) is 6.20 Å². The van der Waals surface area contributed by atoms with E-state index in [0.29, 0.717) is 0 Å². The van der Waals surface area contributed by atoms with Crippen molar-refractivity contribution < 1.29 is 0 Å². The van der Waals surface area contributed by atoms with Gasteiger partial charge in [0.25, 0.3) is 0 Å². The molecule has 0 radical (unpaired) electrons. The fourth-order valence-electron chi connectivity index (χ4n) is 2.03. The van der Waals surface area contributed by atoms with E-state index in [2.05, 4.69) is 42.5 Å². The largest absolute Gasteiger partial charge is 0.380 e. The van der Waals surface area contributed by atoms with E-state index in [1.807, 2.05) is 24.1 Å². The van der Waals surface area contributed by atoms with Crippen LogP contribution in [0.15, 0.2) is 30.6 Å². The van der Waals surface area contributed by atoms with Gasteiger partial charge < -0.3 is 5.32 Å². The molecule has 0 amide bonds. The van der Waals surface area contributed by atoms with Gasteiger partial charge in [-0.2, -0.15) is 5.10 Å². The summed E-state index contributed by atoms with van der Waals surface area (Å²) in [4.78, 5) is 0. The molecule has 3 heteroatoms. The summed E-state index contributed by atoms with van der Waals surface area (Å²) in [7, 11) is 1.94. The summed E-state index contributed by atoms with van der Waals surface area (Å²) in [6, 6.07) is 6.44. The van der Waals surface area contributed by atoms with Crippen LogP contribution in [0.2, 0.25) is 0 Å². The lowest BCUT2D eigenvalue weighted by molar-refractivity contribution is 0.767. The Morgan fingerprint density at radius 2 is 2.18 bits per heavy atom. The summed E-state index contributed by atoms with van der Waals surface area (Å²) < 4.78 is 1.83. The van der Waals surface area contributed by atoms with Crippen LogP contribution in [-0.4, -0.2) is 9.78 Å². The Morgan fingerprint density at radius 3 is 2.82 bits per heavy atom. The molecule has 3 nitrogen and oxygen atoms in total. The molecule has 0 spiro atoms. The standard InChI is InChI=1S/C14H19N3/c1-4-13-7-5-6-11(2)14(13)15-8-12-9-16-17(3)10-12/h5-7,9-10,15H,4,8H2,1-3H3. The molecule has 1 N–H and O–H groups in total. The van der Waals surface area contributed by atoms with Crippen molar-refractivity contribution >= 4 is 5.69 Å². The summed E-state index contributed by atoms with van der Waals surface area (Å²) in [5, 5.41) is 7.68. The maximum Gasteiger partial charge on any atom is 0.0539 e. The van der Waals surface area contributed by atoms with E-state index < -0.39 is 0 Å². The highest BCUT2D eigenvalue weighted by Crippen LogP contribution is 2.21. The van der Waals surface area contributed by atoms with Gasteiger partial charge in [-0.05, 0) is 24.5 Å². The SMILES string of the molecule is CCc1cccc(C)c1NCc1cnn(C)c1. The number of nitrogens with zero attached hydrogens (tertiary/aromatic N) is 2. The highest BCUT2D eigenvalue weighted by Gasteiger charge is 2.04. The van der Waals surface area contributed by atoms with Crippen molar-refractivity contribution in [2.75, 3.05) is 5.32 Å². The Labute approximate surface area is 102 Å². The van der Waals surface area contributed by atoms with Gasteiger partial charge in [-0.3, -0.25) is 4.68 Å². The fraction of sp³-hybridized carbons (Fsp3) is 0.357. The topological polar surface area (TPSA) is 29.9 Å². The van der Waals surface area contributed by atoms with E-state index in [1.54, 1.807) is 0 Å². The maximum atomic E-state index is 4.17. The number of benzene rings is 1. The number of aryl methyl sites for hydroxylation is 3. The van der Waals surface area contributed by atoms with Gasteiger partial charge in [0.2, 0.25) is 0 Å². The number of anilines is 1. The lowest BCUT2D eigenvalue weighted by Crippen LogP contribution is -2.03. The van der Waals surface area contributed by atoms with Crippen LogP contribution in [0.5, 0.6) is 0 Å². The van der Waals surface area contributed by atoms with E-state index in [9.17, 15) is 0 Å². The number of aromatic nitrogens is 2. The molecular weight excluding hydrogens is 210 g/mol. The molecule has 0 saturated carbocycles. The third-order valence-electron chi connectivity index (χ3n) is 2.97. The predicted molar refractivity (Wildman–Crippen MR) is 71.1 cm³/mol. The Morgan fingerprint density at radius 1 is 1.35 bits per heavy atom. The molecule has 0 atom stereocenters. The zero-order valence-electron chi connectivity index (χ0n) is 10.7. The Kier molecular flexibility index (Phi) is 3.47. The zero-order chi connectivity index (χ0) is 12.3. The first-order chi connectivity index (χ1) is 8.20. The van der Waals surface area contributed by atoms with Gasteiger partial charge in [0.15, 0.2) is 0 Å². The lowest BCUT2D eigenvalue weighted by atomic mass is 10.1. The summed E-state index contributed by atoms with van der Waals surface area (Å²) in [6.45, 7) is 5.15. The van der Waals surface area contributed by atoms with Crippen molar-refractivity contribution in [3.05, 3.63) is 47.3 Å². The minimum Gasteiger partial charge on any atom is -0.380 e. The minimum absolute atomic E-state index is 0.825. The molecule has 0 fully saturated rings. The van der Waals surface area contributed by atoms with Gasteiger partial charge in [-0.25, -0.2) is 0 Å². The van der Waals surface area contributed by atoms with E-state index in [4.69, 9.17) is 0 Å². The number of hydrogen-bond acceptors (Lipinski definition) is 2. The summed E-state index contributed by atoms with van der Waals surface area (Å²) >= 11 is 0. The first-order valence-electron chi connectivity index (χ1n) is 6.00. The molecule has 0 aliphatic carbocycles. The predicted octanol–water partition coefficient (Wildman–Crippen LogP) is 2.90. The van der Waals surface area contributed by atoms with Crippen molar-refractivity contribution in [1.29, 1.82) is 0 Å². The second kappa shape index (κ2) is 5.04. The smallest absolute Gasteiger partial charge is 0.0539 e. The average Bonchev–Trinajstić information content (AvgIpc) is 2.73. The van der Waals surface area contributed by atoms with Crippen molar-refractivity contribution in [1.82, 2.24) is 9.78 Å². The van der Waals surface area contributed by atoms with Crippen LogP contribution >= 0.6 is 0 Å². The van der Waals surface area contributed by atoms with E-state index in [1.165, 1.54) is 22.4 Å². The normalized spacial score (nSPS) is 10.5. The second-order valence-electron chi connectivity index (χ2n) is 4.34. The third-order valence-corrected chi connectivity index (χ3v) is 2.97. The quantitative estimate of drug-likeness (QED) is 0.873. The number of para-hydroxylation sites is 1. The van der Waals surface area contributed by atoms with Crippen LogP contribution in [0.1, 0.15) is 23.6 Å². The second-order valence-corrected chi connectivity index (χ2v) is 4.34. The van der Waals surface area contributed by atoms with Crippen LogP contribution in [0.3, 0.4) is 0 Å². The van der Waals surface area contributed by atoms with E-state index in [0.717, 1.165) is 13.0 Å². The molecule has 17 heavy (non-hydrogen) atoms. The highest BCUT2D eigenvalue weighted by atomic mass is 15.2. The van der Waals surface area contributed by atoms with Gasteiger partial charge >= 0.3 is 0 Å². The fourth-order valence-corrected chi connectivity index (χ4v) is 2.03. The number of rotatable bonds is 4. The van der Waals surface area contributed by atoms with Crippen LogP contribution in [0.25, 0.3) is 0 Å². The van der Waals surface area contributed by atoms with Gasteiger partial charge in [-0.1, -0.05) is 25.1 Å². The van der Waals surface area contributed by atoms with E-state index in [-0.39, 0.29) is 0 Å². The molecule has 90 valence electrons. The third kappa shape index (κ3) is 2.67.